The van der Waals surface area contributed by atoms with Crippen LogP contribution in [0.3, 0.4) is 0 Å². The number of hydrogen-bond donors (Lipinski definition) is 1. The minimum absolute atomic E-state index is 0.186. The highest BCUT2D eigenvalue weighted by Gasteiger charge is 2.17. The molecule has 3 rings (SSSR count). The molecule has 134 valence electrons. The van der Waals surface area contributed by atoms with E-state index in [4.69, 9.17) is 4.74 Å². The van der Waals surface area contributed by atoms with Gasteiger partial charge in [-0.15, -0.1) is 0 Å². The van der Waals surface area contributed by atoms with Crippen LogP contribution in [0.4, 0.5) is 5.69 Å². The topological polar surface area (TPSA) is 96.3 Å². The third-order valence-corrected chi connectivity index (χ3v) is 4.17. The first kappa shape index (κ1) is 17.8. The van der Waals surface area contributed by atoms with Crippen LogP contribution in [0.5, 0.6) is 0 Å². The summed E-state index contributed by atoms with van der Waals surface area (Å²) >= 11 is -2.39. The van der Waals surface area contributed by atoms with Gasteiger partial charge in [0.05, 0.1) is 18.5 Å². The zero-order valence-electron chi connectivity index (χ0n) is 14.1. The Kier molecular flexibility index (Phi) is 5.15. The first-order valence-corrected chi connectivity index (χ1v) is 8.77. The van der Waals surface area contributed by atoms with Crippen molar-refractivity contribution in [3.8, 4) is 16.9 Å². The summed E-state index contributed by atoms with van der Waals surface area (Å²) in [7, 11) is 1.30. The number of esters is 1. The van der Waals surface area contributed by atoms with Crippen molar-refractivity contribution >= 4 is 22.9 Å². The summed E-state index contributed by atoms with van der Waals surface area (Å²) in [5, 5.41) is 4.34. The molecule has 0 aliphatic rings. The molecular weight excluding hydrogens is 354 g/mol. The Morgan fingerprint density at radius 2 is 1.81 bits per heavy atom. The van der Waals surface area contributed by atoms with Gasteiger partial charge in [0.1, 0.15) is 0 Å². The van der Waals surface area contributed by atoms with Gasteiger partial charge in [0.25, 0.3) is 0 Å². The van der Waals surface area contributed by atoms with Crippen LogP contribution in [0.2, 0.25) is 0 Å². The van der Waals surface area contributed by atoms with Crippen molar-refractivity contribution in [1.29, 1.82) is 0 Å². The minimum Gasteiger partial charge on any atom is -0.755 e. The van der Waals surface area contributed by atoms with Crippen molar-refractivity contribution in [3.63, 3.8) is 0 Å². The quantitative estimate of drug-likeness (QED) is 0.550. The maximum absolute atomic E-state index is 11.9. The molecule has 2 aromatic carbocycles. The second kappa shape index (κ2) is 7.51. The van der Waals surface area contributed by atoms with Gasteiger partial charge in [0, 0.05) is 22.5 Å². The molecule has 1 aromatic heterocycles. The SMILES string of the molecule is COC(=O)c1cc(-c2ccc(C)cc2)n(-c2ccc(NS(=O)[O-])cc2)n1. The number of benzene rings is 2. The number of hydrogen-bond acceptors (Lipinski definition) is 5. The largest absolute Gasteiger partial charge is 0.755 e. The molecule has 0 amide bonds. The third-order valence-electron chi connectivity index (χ3n) is 3.76. The van der Waals surface area contributed by atoms with Gasteiger partial charge < -0.3 is 14.0 Å². The van der Waals surface area contributed by atoms with E-state index in [1.54, 1.807) is 35.0 Å². The van der Waals surface area contributed by atoms with E-state index < -0.39 is 17.2 Å². The molecule has 0 aliphatic heterocycles. The number of nitrogens with one attached hydrogen (secondary N) is 1. The van der Waals surface area contributed by atoms with E-state index in [1.807, 2.05) is 31.2 Å². The predicted octanol–water partition coefficient (Wildman–Crippen LogP) is 2.84. The van der Waals surface area contributed by atoms with Gasteiger partial charge in [-0.05, 0) is 37.3 Å². The molecule has 3 aromatic rings. The lowest BCUT2D eigenvalue weighted by atomic mass is 10.1. The number of carbonyl (C=O) groups excluding carboxylic acids is 1. The molecule has 1 N–H and O–H groups in total. The van der Waals surface area contributed by atoms with E-state index in [-0.39, 0.29) is 5.69 Å². The highest BCUT2D eigenvalue weighted by Crippen LogP contribution is 2.25. The predicted molar refractivity (Wildman–Crippen MR) is 97.6 cm³/mol. The summed E-state index contributed by atoms with van der Waals surface area (Å²) in [4.78, 5) is 11.9. The zero-order chi connectivity index (χ0) is 18.7. The van der Waals surface area contributed by atoms with Crippen molar-refractivity contribution in [2.24, 2.45) is 0 Å². The number of aromatic nitrogens is 2. The monoisotopic (exact) mass is 370 g/mol. The number of ether oxygens (including phenoxy) is 1. The Morgan fingerprint density at radius 3 is 2.38 bits per heavy atom. The molecule has 0 fully saturated rings. The number of nitrogens with zero attached hydrogens (tertiary/aromatic N) is 2. The van der Waals surface area contributed by atoms with E-state index >= 15 is 0 Å². The minimum atomic E-state index is -2.39. The number of rotatable bonds is 5. The molecule has 0 bridgehead atoms. The Bertz CT molecular complexity index is 950. The Morgan fingerprint density at radius 1 is 1.15 bits per heavy atom. The van der Waals surface area contributed by atoms with Gasteiger partial charge in [0.15, 0.2) is 5.69 Å². The zero-order valence-corrected chi connectivity index (χ0v) is 14.9. The first-order chi connectivity index (χ1) is 12.5. The summed E-state index contributed by atoms with van der Waals surface area (Å²) in [6.07, 6.45) is 0. The molecule has 1 unspecified atom stereocenters. The fourth-order valence-corrected chi connectivity index (χ4v) is 2.81. The van der Waals surface area contributed by atoms with Gasteiger partial charge in [-0.2, -0.15) is 5.10 Å². The van der Waals surface area contributed by atoms with Crippen LogP contribution in [-0.4, -0.2) is 31.6 Å². The van der Waals surface area contributed by atoms with Crippen LogP contribution in [0.15, 0.2) is 54.6 Å². The molecule has 1 heterocycles. The summed E-state index contributed by atoms with van der Waals surface area (Å²) < 4.78 is 30.1. The van der Waals surface area contributed by atoms with E-state index in [0.29, 0.717) is 11.4 Å². The molecule has 0 radical (unpaired) electrons. The third kappa shape index (κ3) is 3.81. The van der Waals surface area contributed by atoms with E-state index in [1.165, 1.54) is 7.11 Å². The second-order valence-electron chi connectivity index (χ2n) is 5.57. The van der Waals surface area contributed by atoms with Crippen molar-refractivity contribution in [1.82, 2.24) is 9.78 Å². The second-order valence-corrected chi connectivity index (χ2v) is 6.24. The van der Waals surface area contributed by atoms with Crippen LogP contribution in [0, 0.1) is 6.92 Å². The van der Waals surface area contributed by atoms with Gasteiger partial charge >= 0.3 is 5.97 Å². The molecule has 7 nitrogen and oxygen atoms in total. The van der Waals surface area contributed by atoms with Crippen molar-refractivity contribution in [3.05, 3.63) is 65.9 Å². The fourth-order valence-electron chi connectivity index (χ4n) is 2.48. The van der Waals surface area contributed by atoms with Crippen LogP contribution in [0.25, 0.3) is 16.9 Å². The van der Waals surface area contributed by atoms with Crippen LogP contribution in [0.1, 0.15) is 16.1 Å². The fraction of sp³-hybridized carbons (Fsp3) is 0.111. The Labute approximate surface area is 153 Å². The molecule has 0 saturated carbocycles. The van der Waals surface area contributed by atoms with Gasteiger partial charge in [-0.25, -0.2) is 9.48 Å². The van der Waals surface area contributed by atoms with Crippen molar-refractivity contribution in [2.75, 3.05) is 11.8 Å². The maximum atomic E-state index is 11.9. The normalized spacial score (nSPS) is 11.8. The lowest BCUT2D eigenvalue weighted by Crippen LogP contribution is -2.05. The summed E-state index contributed by atoms with van der Waals surface area (Å²) in [6, 6.07) is 16.1. The molecule has 1 atom stereocenters. The van der Waals surface area contributed by atoms with Crippen LogP contribution in [-0.2, 0) is 16.0 Å². The molecule has 0 saturated heterocycles. The highest BCUT2D eigenvalue weighted by atomic mass is 32.2. The van der Waals surface area contributed by atoms with Gasteiger partial charge in [-0.3, -0.25) is 4.21 Å². The molecule has 26 heavy (non-hydrogen) atoms. The first-order valence-electron chi connectivity index (χ1n) is 7.69. The van der Waals surface area contributed by atoms with Gasteiger partial charge in [-0.1, -0.05) is 29.8 Å². The van der Waals surface area contributed by atoms with Crippen LogP contribution < -0.4 is 4.72 Å². The number of anilines is 1. The molecule has 8 heteroatoms. The standard InChI is InChI=1S/C18H17N3O4S/c1-12-3-5-13(6-4-12)17-11-16(18(22)25-2)19-21(17)15-9-7-14(8-10-15)20-26(23)24/h3-11,20H,1-2H3,(H,23,24)/p-1. The number of aryl methyl sites for hydroxylation is 1. The van der Waals surface area contributed by atoms with E-state index in [0.717, 1.165) is 16.8 Å². The summed E-state index contributed by atoms with van der Waals surface area (Å²) in [5.74, 6) is -0.530. The smallest absolute Gasteiger partial charge is 0.358 e. The summed E-state index contributed by atoms with van der Waals surface area (Å²) in [5.41, 5.74) is 4.02. The number of carbonyl (C=O) groups is 1. The molecule has 0 spiro atoms. The van der Waals surface area contributed by atoms with E-state index in [9.17, 15) is 13.6 Å². The highest BCUT2D eigenvalue weighted by molar-refractivity contribution is 7.80. The van der Waals surface area contributed by atoms with E-state index in [2.05, 4.69) is 9.82 Å². The maximum Gasteiger partial charge on any atom is 0.358 e. The van der Waals surface area contributed by atoms with Crippen molar-refractivity contribution in [2.45, 2.75) is 6.92 Å². The van der Waals surface area contributed by atoms with Gasteiger partial charge in [0.2, 0.25) is 0 Å². The Balaban J connectivity index is 2.07. The van der Waals surface area contributed by atoms with Crippen LogP contribution >= 0.6 is 0 Å². The van der Waals surface area contributed by atoms with Crippen molar-refractivity contribution < 1.29 is 18.3 Å². The molecular formula is C18H16N3O4S-. The average Bonchev–Trinajstić information content (AvgIpc) is 3.07. The lowest BCUT2D eigenvalue weighted by molar-refractivity contribution is 0.0593. The lowest BCUT2D eigenvalue weighted by Gasteiger charge is -2.11. The Hall–Kier alpha value is -2.97. The number of methoxy groups -OCH3 is 1. The summed E-state index contributed by atoms with van der Waals surface area (Å²) in [6.45, 7) is 1.99. The average molecular weight is 370 g/mol. The molecule has 0 aliphatic carbocycles.